The minimum Gasteiger partial charge on any atom is -0.496 e. The number of amides is 1. The highest BCUT2D eigenvalue weighted by atomic mass is 16.5. The molecule has 1 aliphatic rings. The number of hydrogen-bond acceptors (Lipinski definition) is 4. The highest BCUT2D eigenvalue weighted by Gasteiger charge is 2.33. The van der Waals surface area contributed by atoms with Crippen molar-refractivity contribution >= 4 is 5.91 Å². The molecule has 2 rings (SSSR count). The average Bonchev–Trinajstić information content (AvgIpc) is 2.44. The maximum atomic E-state index is 12.7. The van der Waals surface area contributed by atoms with E-state index in [0.717, 1.165) is 6.42 Å². The molecule has 5 heteroatoms. The lowest BCUT2D eigenvalue weighted by Crippen LogP contribution is -2.48. The Balaban J connectivity index is 2.33. The van der Waals surface area contributed by atoms with Crippen molar-refractivity contribution in [3.05, 3.63) is 23.8 Å². The van der Waals surface area contributed by atoms with Gasteiger partial charge in [-0.2, -0.15) is 0 Å². The lowest BCUT2D eigenvalue weighted by Gasteiger charge is -2.37. The van der Waals surface area contributed by atoms with Crippen LogP contribution in [0.1, 0.15) is 30.1 Å². The first kappa shape index (κ1) is 14.7. The zero-order chi connectivity index (χ0) is 14.8. The number of carbonyl (C=O) groups excluding carboxylic acids is 1. The van der Waals surface area contributed by atoms with Crippen LogP contribution in [0.3, 0.4) is 0 Å². The first-order chi connectivity index (χ1) is 9.48. The summed E-state index contributed by atoms with van der Waals surface area (Å²) < 4.78 is 10.5. The quantitative estimate of drug-likeness (QED) is 0.914. The van der Waals surface area contributed by atoms with Crippen molar-refractivity contribution in [2.24, 2.45) is 0 Å². The Morgan fingerprint density at radius 1 is 1.30 bits per heavy atom. The number of nitrogens with zero attached hydrogens (tertiary/aromatic N) is 1. The van der Waals surface area contributed by atoms with Crippen molar-refractivity contribution in [3.8, 4) is 11.5 Å². The molecule has 0 spiro atoms. The summed E-state index contributed by atoms with van der Waals surface area (Å²) in [7, 11) is 3.05. The van der Waals surface area contributed by atoms with E-state index in [1.54, 1.807) is 30.0 Å². The van der Waals surface area contributed by atoms with Gasteiger partial charge in [-0.25, -0.2) is 0 Å². The zero-order valence-electron chi connectivity index (χ0n) is 12.2. The Bertz CT molecular complexity index is 476. The summed E-state index contributed by atoms with van der Waals surface area (Å²) in [6.07, 6.45) is 1.50. The predicted octanol–water partition coefficient (Wildman–Crippen LogP) is 1.69. The fraction of sp³-hybridized carbons (Fsp3) is 0.533. The summed E-state index contributed by atoms with van der Waals surface area (Å²) in [6.45, 7) is 2.72. The van der Waals surface area contributed by atoms with Crippen LogP contribution in [0.5, 0.6) is 11.5 Å². The molecule has 1 saturated heterocycles. The predicted molar refractivity (Wildman–Crippen MR) is 75.3 cm³/mol. The van der Waals surface area contributed by atoms with E-state index >= 15 is 0 Å². The van der Waals surface area contributed by atoms with Gasteiger partial charge >= 0.3 is 0 Å². The number of ether oxygens (including phenoxy) is 2. The number of likely N-dealkylation sites (tertiary alicyclic amines) is 1. The molecule has 1 aromatic rings. The topological polar surface area (TPSA) is 59.0 Å². The van der Waals surface area contributed by atoms with Crippen LogP contribution in [-0.4, -0.2) is 48.8 Å². The summed E-state index contributed by atoms with van der Waals surface area (Å²) in [5.41, 5.74) is -0.418. The number of piperidine rings is 1. The van der Waals surface area contributed by atoms with Crippen LogP contribution >= 0.6 is 0 Å². The van der Waals surface area contributed by atoms with Gasteiger partial charge in [0.05, 0.1) is 19.8 Å². The molecule has 1 unspecified atom stereocenters. The van der Waals surface area contributed by atoms with E-state index < -0.39 is 5.60 Å². The number of benzene rings is 1. The molecule has 0 saturated carbocycles. The van der Waals surface area contributed by atoms with Crippen LogP contribution in [-0.2, 0) is 0 Å². The van der Waals surface area contributed by atoms with Crippen LogP contribution in [0.2, 0.25) is 0 Å². The second kappa shape index (κ2) is 5.71. The van der Waals surface area contributed by atoms with Gasteiger partial charge in [0, 0.05) is 13.1 Å². The molecule has 1 atom stereocenters. The van der Waals surface area contributed by atoms with Crippen LogP contribution in [0.25, 0.3) is 0 Å². The Morgan fingerprint density at radius 2 is 1.90 bits per heavy atom. The molecule has 20 heavy (non-hydrogen) atoms. The van der Waals surface area contributed by atoms with Gasteiger partial charge in [0.2, 0.25) is 0 Å². The standard InChI is InChI=1S/C15H21NO4/c1-15(18)8-5-9-16(10-15)14(17)13-11(19-2)6-4-7-12(13)20-3/h4,6-7,18H,5,8-10H2,1-3H3. The molecule has 1 heterocycles. The second-order valence-corrected chi connectivity index (χ2v) is 5.36. The fourth-order valence-corrected chi connectivity index (χ4v) is 2.61. The first-order valence-corrected chi connectivity index (χ1v) is 6.71. The summed E-state index contributed by atoms with van der Waals surface area (Å²) in [4.78, 5) is 14.4. The Kier molecular flexibility index (Phi) is 4.18. The van der Waals surface area contributed by atoms with Gasteiger partial charge < -0.3 is 19.5 Å². The summed E-state index contributed by atoms with van der Waals surface area (Å²) in [6, 6.07) is 5.25. The van der Waals surface area contributed by atoms with E-state index in [-0.39, 0.29) is 5.91 Å². The molecule has 1 aromatic carbocycles. The highest BCUT2D eigenvalue weighted by molar-refractivity contribution is 5.99. The van der Waals surface area contributed by atoms with E-state index in [9.17, 15) is 9.90 Å². The molecule has 110 valence electrons. The molecule has 1 fully saturated rings. The van der Waals surface area contributed by atoms with Crippen LogP contribution in [0.4, 0.5) is 0 Å². The zero-order valence-corrected chi connectivity index (χ0v) is 12.2. The lowest BCUT2D eigenvalue weighted by atomic mass is 9.94. The van der Waals surface area contributed by atoms with Crippen molar-refractivity contribution in [1.82, 2.24) is 4.90 Å². The minimum atomic E-state index is -0.830. The molecule has 1 aliphatic heterocycles. The van der Waals surface area contributed by atoms with Gasteiger partial charge in [-0.1, -0.05) is 6.07 Å². The van der Waals surface area contributed by atoms with Crippen LogP contribution in [0, 0.1) is 0 Å². The molecule has 0 aliphatic carbocycles. The lowest BCUT2D eigenvalue weighted by molar-refractivity contribution is -0.0109. The molecule has 1 amide bonds. The summed E-state index contributed by atoms with van der Waals surface area (Å²) in [5, 5.41) is 10.1. The van der Waals surface area contributed by atoms with E-state index in [1.165, 1.54) is 14.2 Å². The number of hydrogen-bond donors (Lipinski definition) is 1. The smallest absolute Gasteiger partial charge is 0.261 e. The SMILES string of the molecule is COc1cccc(OC)c1C(=O)N1CCCC(C)(O)C1. The van der Waals surface area contributed by atoms with Gasteiger partial charge in [-0.3, -0.25) is 4.79 Å². The third kappa shape index (κ3) is 2.88. The van der Waals surface area contributed by atoms with Gasteiger partial charge in [0.15, 0.2) is 0 Å². The monoisotopic (exact) mass is 279 g/mol. The van der Waals surface area contributed by atoms with Crippen LogP contribution in [0.15, 0.2) is 18.2 Å². The molecule has 0 bridgehead atoms. The summed E-state index contributed by atoms with van der Waals surface area (Å²) >= 11 is 0. The van der Waals surface area contributed by atoms with Crippen molar-refractivity contribution < 1.29 is 19.4 Å². The molecule has 1 N–H and O–H groups in total. The van der Waals surface area contributed by atoms with Crippen molar-refractivity contribution in [2.45, 2.75) is 25.4 Å². The number of β-amino-alcohol motifs (C(OH)–C–C–N with tert-alkyl or cyclic N) is 1. The Hall–Kier alpha value is -1.75. The van der Waals surface area contributed by atoms with Gasteiger partial charge in [0.25, 0.3) is 5.91 Å². The second-order valence-electron chi connectivity index (χ2n) is 5.36. The van der Waals surface area contributed by atoms with E-state index in [0.29, 0.717) is 36.6 Å². The molecular formula is C15H21NO4. The maximum absolute atomic E-state index is 12.7. The minimum absolute atomic E-state index is 0.167. The average molecular weight is 279 g/mol. The van der Waals surface area contributed by atoms with Gasteiger partial charge in [-0.05, 0) is 31.9 Å². The van der Waals surface area contributed by atoms with Crippen molar-refractivity contribution in [3.63, 3.8) is 0 Å². The molecular weight excluding hydrogens is 258 g/mol. The van der Waals surface area contributed by atoms with E-state index in [4.69, 9.17) is 9.47 Å². The molecule has 5 nitrogen and oxygen atoms in total. The number of rotatable bonds is 3. The fourth-order valence-electron chi connectivity index (χ4n) is 2.61. The van der Waals surface area contributed by atoms with E-state index in [2.05, 4.69) is 0 Å². The summed E-state index contributed by atoms with van der Waals surface area (Å²) in [5.74, 6) is 0.804. The van der Waals surface area contributed by atoms with Crippen molar-refractivity contribution in [2.75, 3.05) is 27.3 Å². The normalized spacial score (nSPS) is 22.5. The van der Waals surface area contributed by atoms with E-state index in [1.807, 2.05) is 0 Å². The van der Waals surface area contributed by atoms with Crippen molar-refractivity contribution in [1.29, 1.82) is 0 Å². The maximum Gasteiger partial charge on any atom is 0.261 e. The Morgan fingerprint density at radius 3 is 2.40 bits per heavy atom. The third-order valence-electron chi connectivity index (χ3n) is 3.60. The highest BCUT2D eigenvalue weighted by Crippen LogP contribution is 2.31. The first-order valence-electron chi connectivity index (χ1n) is 6.71. The van der Waals surface area contributed by atoms with Crippen LogP contribution < -0.4 is 9.47 Å². The molecule has 0 aromatic heterocycles. The number of methoxy groups -OCH3 is 2. The van der Waals surface area contributed by atoms with Gasteiger partial charge in [-0.15, -0.1) is 0 Å². The molecule has 0 radical (unpaired) electrons. The number of aliphatic hydroxyl groups is 1. The third-order valence-corrected chi connectivity index (χ3v) is 3.60. The number of carbonyl (C=O) groups is 1. The Labute approximate surface area is 119 Å². The van der Waals surface area contributed by atoms with Gasteiger partial charge in [0.1, 0.15) is 17.1 Å². The largest absolute Gasteiger partial charge is 0.496 e.